The minimum atomic E-state index is -4.12. The van der Waals surface area contributed by atoms with Gasteiger partial charge < -0.3 is 10.2 Å². The molecule has 208 valence electrons. The summed E-state index contributed by atoms with van der Waals surface area (Å²) in [5, 5.41) is 3.50. The largest absolute Gasteiger partial charge is 0.352 e. The van der Waals surface area contributed by atoms with Gasteiger partial charge in [-0.25, -0.2) is 8.42 Å². The van der Waals surface area contributed by atoms with Crippen LogP contribution < -0.4 is 9.62 Å². The van der Waals surface area contributed by atoms with E-state index in [4.69, 9.17) is 23.2 Å². The first-order valence-corrected chi connectivity index (χ1v) is 14.7. The maximum absolute atomic E-state index is 13.9. The number of hydrogen-bond acceptors (Lipinski definition) is 4. The van der Waals surface area contributed by atoms with Gasteiger partial charge in [0.15, 0.2) is 0 Å². The average molecular weight is 591 g/mol. The number of nitrogens with one attached hydrogen (secondary N) is 1. The lowest BCUT2D eigenvalue weighted by atomic mass is 10.1. The molecular formula is C29H33Cl2N3O4S. The molecule has 1 atom stereocenters. The molecule has 0 spiro atoms. The SMILES string of the molecule is Cc1ccc(N(CC(=O)N(Cc2ccc(Cl)c(Cl)c2)[C@H](C)C(=O)NC(C)C)S(=O)(=O)c2ccccc2)cc1C. The number of benzene rings is 3. The van der Waals surface area contributed by atoms with Crippen LogP contribution in [0.15, 0.2) is 71.6 Å². The zero-order valence-electron chi connectivity index (χ0n) is 22.6. The van der Waals surface area contributed by atoms with E-state index in [2.05, 4.69) is 5.32 Å². The molecule has 0 fully saturated rings. The van der Waals surface area contributed by atoms with Crippen LogP contribution in [0.5, 0.6) is 0 Å². The highest BCUT2D eigenvalue weighted by atomic mass is 35.5. The van der Waals surface area contributed by atoms with Gasteiger partial charge in [-0.05, 0) is 87.7 Å². The van der Waals surface area contributed by atoms with Crippen LogP contribution in [0.1, 0.15) is 37.5 Å². The Morgan fingerprint density at radius 2 is 1.54 bits per heavy atom. The molecule has 0 aromatic heterocycles. The van der Waals surface area contributed by atoms with Crippen LogP contribution in [0.2, 0.25) is 10.0 Å². The zero-order valence-corrected chi connectivity index (χ0v) is 24.9. The molecule has 3 rings (SSSR count). The predicted octanol–water partition coefficient (Wildman–Crippen LogP) is 5.75. The molecule has 0 unspecified atom stereocenters. The number of nitrogens with zero attached hydrogens (tertiary/aromatic N) is 2. The number of hydrogen-bond donors (Lipinski definition) is 1. The van der Waals surface area contributed by atoms with E-state index in [0.29, 0.717) is 21.3 Å². The Morgan fingerprint density at radius 3 is 2.13 bits per heavy atom. The van der Waals surface area contributed by atoms with Crippen LogP contribution in [0.4, 0.5) is 5.69 Å². The van der Waals surface area contributed by atoms with Crippen LogP contribution >= 0.6 is 23.2 Å². The lowest BCUT2D eigenvalue weighted by molar-refractivity contribution is -0.139. The maximum atomic E-state index is 13.9. The Balaban J connectivity index is 2.06. The van der Waals surface area contributed by atoms with Gasteiger partial charge in [-0.3, -0.25) is 13.9 Å². The van der Waals surface area contributed by atoms with Gasteiger partial charge >= 0.3 is 0 Å². The highest BCUT2D eigenvalue weighted by Crippen LogP contribution is 2.27. The van der Waals surface area contributed by atoms with E-state index in [9.17, 15) is 18.0 Å². The van der Waals surface area contributed by atoms with Crippen LogP contribution in [-0.4, -0.2) is 43.8 Å². The maximum Gasteiger partial charge on any atom is 0.264 e. The second-order valence-electron chi connectivity index (χ2n) is 9.70. The molecule has 0 saturated heterocycles. The fourth-order valence-electron chi connectivity index (χ4n) is 3.95. The molecule has 0 radical (unpaired) electrons. The lowest BCUT2D eigenvalue weighted by Gasteiger charge is -2.32. The monoisotopic (exact) mass is 589 g/mol. The quantitative estimate of drug-likeness (QED) is 0.326. The Labute approximate surface area is 240 Å². The number of carbonyl (C=O) groups excluding carboxylic acids is 2. The topological polar surface area (TPSA) is 86.8 Å². The number of anilines is 1. The van der Waals surface area contributed by atoms with Gasteiger partial charge in [0.2, 0.25) is 11.8 Å². The number of sulfonamides is 1. The van der Waals surface area contributed by atoms with Gasteiger partial charge in [0.25, 0.3) is 10.0 Å². The fourth-order valence-corrected chi connectivity index (χ4v) is 5.70. The first kappa shape index (κ1) is 30.5. The number of halogens is 2. The summed E-state index contributed by atoms with van der Waals surface area (Å²) < 4.78 is 28.7. The van der Waals surface area contributed by atoms with E-state index >= 15 is 0 Å². The van der Waals surface area contributed by atoms with Gasteiger partial charge in [-0.1, -0.05) is 53.5 Å². The molecule has 0 saturated carbocycles. The molecule has 2 amide bonds. The molecule has 1 N–H and O–H groups in total. The van der Waals surface area contributed by atoms with Gasteiger partial charge in [0.1, 0.15) is 12.6 Å². The Bertz CT molecular complexity index is 1450. The third-order valence-corrected chi connectivity index (χ3v) is 8.85. The van der Waals surface area contributed by atoms with E-state index in [0.717, 1.165) is 15.4 Å². The number of aryl methyl sites for hydroxylation is 2. The molecule has 7 nitrogen and oxygen atoms in total. The molecule has 0 aliphatic rings. The normalized spacial score (nSPS) is 12.2. The van der Waals surface area contributed by atoms with Gasteiger partial charge in [0, 0.05) is 12.6 Å². The van der Waals surface area contributed by atoms with Gasteiger partial charge in [-0.15, -0.1) is 0 Å². The van der Waals surface area contributed by atoms with E-state index in [1.54, 1.807) is 55.5 Å². The molecule has 0 aliphatic heterocycles. The van der Waals surface area contributed by atoms with E-state index in [1.807, 2.05) is 33.8 Å². The van der Waals surface area contributed by atoms with Crippen molar-refractivity contribution >= 4 is 50.7 Å². The van der Waals surface area contributed by atoms with Gasteiger partial charge in [-0.2, -0.15) is 0 Å². The summed E-state index contributed by atoms with van der Waals surface area (Å²) in [6, 6.07) is 17.1. The first-order valence-electron chi connectivity index (χ1n) is 12.5. The van der Waals surface area contributed by atoms with Crippen molar-refractivity contribution in [2.24, 2.45) is 0 Å². The summed E-state index contributed by atoms with van der Waals surface area (Å²) in [7, 11) is -4.12. The van der Waals surface area contributed by atoms with Crippen LogP contribution in [-0.2, 0) is 26.2 Å². The summed E-state index contributed by atoms with van der Waals surface area (Å²) >= 11 is 12.3. The second-order valence-corrected chi connectivity index (χ2v) is 12.4. The molecule has 0 heterocycles. The summed E-state index contributed by atoms with van der Waals surface area (Å²) in [6.45, 7) is 8.57. The highest BCUT2D eigenvalue weighted by molar-refractivity contribution is 7.92. The third-order valence-electron chi connectivity index (χ3n) is 6.32. The van der Waals surface area contributed by atoms with Crippen molar-refractivity contribution in [3.63, 3.8) is 0 Å². The average Bonchev–Trinajstić information content (AvgIpc) is 2.89. The predicted molar refractivity (Wildman–Crippen MR) is 157 cm³/mol. The molecule has 3 aromatic carbocycles. The highest BCUT2D eigenvalue weighted by Gasteiger charge is 2.32. The number of rotatable bonds is 10. The summed E-state index contributed by atoms with van der Waals surface area (Å²) in [5.41, 5.74) is 2.86. The van der Waals surface area contributed by atoms with Crippen molar-refractivity contribution in [1.29, 1.82) is 0 Å². The second kappa shape index (κ2) is 12.9. The van der Waals surface area contributed by atoms with Crippen molar-refractivity contribution in [3.05, 3.63) is 93.5 Å². The molecule has 39 heavy (non-hydrogen) atoms. The Kier molecular flexibility index (Phi) is 10.0. The van der Waals surface area contributed by atoms with Crippen LogP contribution in [0.3, 0.4) is 0 Å². The minimum absolute atomic E-state index is 0.0224. The fraction of sp³-hybridized carbons (Fsp3) is 0.310. The van der Waals surface area contributed by atoms with Gasteiger partial charge in [0.05, 0.1) is 20.6 Å². The zero-order chi connectivity index (χ0) is 28.9. The first-order chi connectivity index (χ1) is 18.3. The third kappa shape index (κ3) is 7.53. The smallest absolute Gasteiger partial charge is 0.264 e. The van der Waals surface area contributed by atoms with Crippen molar-refractivity contribution in [2.75, 3.05) is 10.8 Å². The standard InChI is InChI=1S/C29H33Cl2N3O4S/c1-19(2)32-29(36)22(5)33(17-23-12-14-26(30)27(31)16-23)28(35)18-34(24-13-11-20(3)21(4)15-24)39(37,38)25-9-7-6-8-10-25/h6-16,19,22H,17-18H2,1-5H3,(H,32,36)/t22-/m1/s1. The van der Waals surface area contributed by atoms with Crippen molar-refractivity contribution < 1.29 is 18.0 Å². The van der Waals surface area contributed by atoms with E-state index in [-0.39, 0.29) is 23.4 Å². The number of amides is 2. The molecule has 3 aromatic rings. The summed E-state index contributed by atoms with van der Waals surface area (Å²) in [5.74, 6) is -0.910. The molecule has 0 bridgehead atoms. The molecule has 10 heteroatoms. The van der Waals surface area contributed by atoms with Crippen molar-refractivity contribution in [3.8, 4) is 0 Å². The number of carbonyl (C=O) groups is 2. The van der Waals surface area contributed by atoms with E-state index < -0.39 is 28.5 Å². The van der Waals surface area contributed by atoms with Crippen molar-refractivity contribution in [1.82, 2.24) is 10.2 Å². The summed E-state index contributed by atoms with van der Waals surface area (Å²) in [6.07, 6.45) is 0. The van der Waals surface area contributed by atoms with E-state index in [1.165, 1.54) is 17.0 Å². The van der Waals surface area contributed by atoms with Crippen LogP contribution in [0, 0.1) is 13.8 Å². The Morgan fingerprint density at radius 1 is 0.872 bits per heavy atom. The molecule has 0 aliphatic carbocycles. The summed E-state index contributed by atoms with van der Waals surface area (Å²) in [4.78, 5) is 28.3. The van der Waals surface area contributed by atoms with Crippen LogP contribution in [0.25, 0.3) is 0 Å². The Hall–Kier alpha value is -3.07. The van der Waals surface area contributed by atoms with Crippen molar-refractivity contribution in [2.45, 2.75) is 58.1 Å². The molecular weight excluding hydrogens is 557 g/mol. The minimum Gasteiger partial charge on any atom is -0.352 e. The lowest BCUT2D eigenvalue weighted by Crippen LogP contribution is -2.52.